The van der Waals surface area contributed by atoms with Crippen molar-refractivity contribution >= 4 is 22.7 Å². The molecule has 116 valence electrons. The molecule has 2 aromatic carbocycles. The van der Waals surface area contributed by atoms with E-state index in [1.165, 1.54) is 0 Å². The molecule has 0 spiro atoms. The maximum Gasteiger partial charge on any atom is 0.271 e. The van der Waals surface area contributed by atoms with Crippen molar-refractivity contribution in [3.63, 3.8) is 0 Å². The van der Waals surface area contributed by atoms with Gasteiger partial charge >= 0.3 is 0 Å². The SMILES string of the molecule is Cc1ccc(CC(=O)NNC(=O)c2c[nH]c3ccccc23)cc1. The van der Waals surface area contributed by atoms with Crippen LogP contribution < -0.4 is 10.9 Å². The molecular formula is C18H17N3O2. The van der Waals surface area contributed by atoms with E-state index in [2.05, 4.69) is 15.8 Å². The van der Waals surface area contributed by atoms with Crippen LogP contribution in [0.3, 0.4) is 0 Å². The molecule has 1 heterocycles. The fourth-order valence-electron chi connectivity index (χ4n) is 2.39. The Balaban J connectivity index is 1.60. The van der Waals surface area contributed by atoms with Crippen LogP contribution in [-0.2, 0) is 11.2 Å². The summed E-state index contributed by atoms with van der Waals surface area (Å²) in [6.07, 6.45) is 1.85. The topological polar surface area (TPSA) is 74.0 Å². The first-order valence-corrected chi connectivity index (χ1v) is 7.34. The number of benzene rings is 2. The zero-order valence-electron chi connectivity index (χ0n) is 12.7. The molecule has 0 fully saturated rings. The molecular weight excluding hydrogens is 290 g/mol. The lowest BCUT2D eigenvalue weighted by atomic mass is 10.1. The van der Waals surface area contributed by atoms with Gasteiger partial charge in [0.25, 0.3) is 5.91 Å². The summed E-state index contributed by atoms with van der Waals surface area (Å²) < 4.78 is 0. The van der Waals surface area contributed by atoms with Gasteiger partial charge in [-0.15, -0.1) is 0 Å². The third kappa shape index (κ3) is 3.40. The average molecular weight is 307 g/mol. The van der Waals surface area contributed by atoms with Crippen molar-refractivity contribution in [2.45, 2.75) is 13.3 Å². The Bertz CT molecular complexity index is 850. The molecule has 23 heavy (non-hydrogen) atoms. The Labute approximate surface area is 133 Å². The summed E-state index contributed by atoms with van der Waals surface area (Å²) >= 11 is 0. The van der Waals surface area contributed by atoms with Crippen molar-refractivity contribution in [2.24, 2.45) is 0 Å². The van der Waals surface area contributed by atoms with Crippen molar-refractivity contribution in [1.82, 2.24) is 15.8 Å². The zero-order chi connectivity index (χ0) is 16.2. The number of fused-ring (bicyclic) bond motifs is 1. The third-order valence-electron chi connectivity index (χ3n) is 3.63. The first-order valence-electron chi connectivity index (χ1n) is 7.34. The Kier molecular flexibility index (Phi) is 4.10. The van der Waals surface area contributed by atoms with Crippen LogP contribution in [-0.4, -0.2) is 16.8 Å². The zero-order valence-corrected chi connectivity index (χ0v) is 12.7. The van der Waals surface area contributed by atoms with Crippen molar-refractivity contribution in [3.8, 4) is 0 Å². The highest BCUT2D eigenvalue weighted by atomic mass is 16.2. The molecule has 0 atom stereocenters. The van der Waals surface area contributed by atoms with E-state index in [0.717, 1.165) is 22.0 Å². The summed E-state index contributed by atoms with van der Waals surface area (Å²) in [6, 6.07) is 15.2. The van der Waals surface area contributed by atoms with Gasteiger partial charge in [-0.2, -0.15) is 0 Å². The second-order valence-corrected chi connectivity index (χ2v) is 5.41. The minimum atomic E-state index is -0.347. The fraction of sp³-hybridized carbons (Fsp3) is 0.111. The van der Waals surface area contributed by atoms with Crippen LogP contribution >= 0.6 is 0 Å². The minimum Gasteiger partial charge on any atom is -0.360 e. The number of para-hydroxylation sites is 1. The molecule has 0 saturated heterocycles. The van der Waals surface area contributed by atoms with Gasteiger partial charge in [-0.05, 0) is 18.6 Å². The minimum absolute atomic E-state index is 0.217. The van der Waals surface area contributed by atoms with E-state index in [4.69, 9.17) is 0 Å². The predicted molar refractivity (Wildman–Crippen MR) is 88.8 cm³/mol. The van der Waals surface area contributed by atoms with Crippen molar-refractivity contribution in [2.75, 3.05) is 0 Å². The van der Waals surface area contributed by atoms with Gasteiger partial charge in [0.2, 0.25) is 5.91 Å². The van der Waals surface area contributed by atoms with E-state index < -0.39 is 0 Å². The van der Waals surface area contributed by atoms with E-state index >= 15 is 0 Å². The molecule has 0 unspecified atom stereocenters. The maximum absolute atomic E-state index is 12.2. The molecule has 3 aromatic rings. The largest absolute Gasteiger partial charge is 0.360 e. The second kappa shape index (κ2) is 6.36. The first kappa shape index (κ1) is 14.8. The number of aromatic amines is 1. The number of amides is 2. The molecule has 3 rings (SSSR count). The van der Waals surface area contributed by atoms with E-state index in [1.54, 1.807) is 6.20 Å². The van der Waals surface area contributed by atoms with Crippen LogP contribution in [0.4, 0.5) is 0 Å². The molecule has 0 saturated carbocycles. The summed E-state index contributed by atoms with van der Waals surface area (Å²) in [4.78, 5) is 27.1. The molecule has 0 radical (unpaired) electrons. The number of rotatable bonds is 3. The van der Waals surface area contributed by atoms with Gasteiger partial charge in [0.1, 0.15) is 0 Å². The summed E-state index contributed by atoms with van der Waals surface area (Å²) in [7, 11) is 0. The Hall–Kier alpha value is -3.08. The van der Waals surface area contributed by atoms with Crippen molar-refractivity contribution in [3.05, 3.63) is 71.4 Å². The van der Waals surface area contributed by atoms with Crippen LogP contribution in [0, 0.1) is 6.92 Å². The lowest BCUT2D eigenvalue weighted by Gasteiger charge is -2.07. The van der Waals surface area contributed by atoms with Crippen molar-refractivity contribution < 1.29 is 9.59 Å². The van der Waals surface area contributed by atoms with Crippen LogP contribution in [0.25, 0.3) is 10.9 Å². The molecule has 0 aliphatic carbocycles. The first-order chi connectivity index (χ1) is 11.1. The highest BCUT2D eigenvalue weighted by Crippen LogP contribution is 2.17. The molecule has 0 aliphatic heterocycles. The third-order valence-corrected chi connectivity index (χ3v) is 3.63. The number of aromatic nitrogens is 1. The lowest BCUT2D eigenvalue weighted by Crippen LogP contribution is -2.42. The van der Waals surface area contributed by atoms with E-state index in [0.29, 0.717) is 5.56 Å². The number of H-pyrrole nitrogens is 1. The normalized spacial score (nSPS) is 10.5. The Morgan fingerprint density at radius 3 is 2.52 bits per heavy atom. The Morgan fingerprint density at radius 2 is 1.74 bits per heavy atom. The van der Waals surface area contributed by atoms with Crippen LogP contribution in [0.15, 0.2) is 54.7 Å². The fourth-order valence-corrected chi connectivity index (χ4v) is 2.39. The number of nitrogens with one attached hydrogen (secondary N) is 3. The van der Waals surface area contributed by atoms with Gasteiger partial charge in [0.05, 0.1) is 12.0 Å². The number of carbonyl (C=O) groups excluding carboxylic acids is 2. The molecule has 5 nitrogen and oxygen atoms in total. The van der Waals surface area contributed by atoms with Crippen molar-refractivity contribution in [1.29, 1.82) is 0 Å². The standard InChI is InChI=1S/C18H17N3O2/c1-12-6-8-13(9-7-12)10-17(22)20-21-18(23)15-11-19-16-5-3-2-4-14(15)16/h2-9,11,19H,10H2,1H3,(H,20,22)(H,21,23). The molecule has 2 amide bonds. The quantitative estimate of drug-likeness (QED) is 0.650. The molecule has 5 heteroatoms. The predicted octanol–water partition coefficient (Wildman–Crippen LogP) is 2.48. The molecule has 3 N–H and O–H groups in total. The van der Waals surface area contributed by atoms with E-state index in [1.807, 2.05) is 55.5 Å². The molecule has 1 aromatic heterocycles. The van der Waals surface area contributed by atoms with E-state index in [-0.39, 0.29) is 18.2 Å². The summed E-state index contributed by atoms with van der Waals surface area (Å²) in [5.41, 5.74) is 8.31. The monoisotopic (exact) mass is 307 g/mol. The van der Waals surface area contributed by atoms with Gasteiger partial charge in [-0.1, -0.05) is 48.0 Å². The van der Waals surface area contributed by atoms with Crippen LogP contribution in [0.1, 0.15) is 21.5 Å². The van der Waals surface area contributed by atoms with Gasteiger partial charge in [0, 0.05) is 17.1 Å². The highest BCUT2D eigenvalue weighted by Gasteiger charge is 2.12. The summed E-state index contributed by atoms with van der Waals surface area (Å²) in [5, 5.41) is 0.817. The number of hydrazine groups is 1. The Morgan fingerprint density at radius 1 is 1.00 bits per heavy atom. The highest BCUT2D eigenvalue weighted by molar-refractivity contribution is 6.07. The smallest absolute Gasteiger partial charge is 0.271 e. The number of hydrogen-bond donors (Lipinski definition) is 3. The number of hydrogen-bond acceptors (Lipinski definition) is 2. The number of carbonyl (C=O) groups is 2. The molecule has 0 aliphatic rings. The summed E-state index contributed by atoms with van der Waals surface area (Å²) in [6.45, 7) is 1.99. The maximum atomic E-state index is 12.2. The lowest BCUT2D eigenvalue weighted by molar-refractivity contribution is -0.121. The van der Waals surface area contributed by atoms with Gasteiger partial charge in [0.15, 0.2) is 0 Å². The van der Waals surface area contributed by atoms with Gasteiger partial charge in [-0.3, -0.25) is 20.4 Å². The summed E-state index contributed by atoms with van der Waals surface area (Å²) in [5.74, 6) is -0.609. The number of aryl methyl sites for hydroxylation is 1. The van der Waals surface area contributed by atoms with Crippen LogP contribution in [0.2, 0.25) is 0 Å². The van der Waals surface area contributed by atoms with Gasteiger partial charge in [-0.25, -0.2) is 0 Å². The van der Waals surface area contributed by atoms with Gasteiger partial charge < -0.3 is 4.98 Å². The average Bonchev–Trinajstić information content (AvgIpc) is 2.99. The second-order valence-electron chi connectivity index (χ2n) is 5.41. The van der Waals surface area contributed by atoms with E-state index in [9.17, 15) is 9.59 Å². The molecule has 0 bridgehead atoms. The van der Waals surface area contributed by atoms with Crippen LogP contribution in [0.5, 0.6) is 0 Å².